The van der Waals surface area contributed by atoms with E-state index in [-0.39, 0.29) is 11.2 Å². The minimum absolute atomic E-state index is 0.0722. The molecule has 0 aliphatic heterocycles. The van der Waals surface area contributed by atoms with Gasteiger partial charge in [0.2, 0.25) is 10.0 Å². The lowest BCUT2D eigenvalue weighted by molar-refractivity contribution is 0.462. The number of nitrogens with zero attached hydrogens (tertiary/aromatic N) is 2. The molecule has 1 N–H and O–H groups in total. The van der Waals surface area contributed by atoms with E-state index < -0.39 is 10.0 Å². The van der Waals surface area contributed by atoms with Crippen molar-refractivity contribution in [1.29, 1.82) is 0 Å². The first-order chi connectivity index (χ1) is 6.06. The average Bonchev–Trinajstić information content (AvgIpc) is 2.57. The molecule has 0 fully saturated rings. The molecule has 7 heteroatoms. The third kappa shape index (κ3) is 2.78. The maximum Gasteiger partial charge on any atom is 0.224 e. The summed E-state index contributed by atoms with van der Waals surface area (Å²) >= 11 is 2.92. The first-order valence-electron chi connectivity index (χ1n) is 3.54. The molecule has 0 aliphatic carbocycles. The summed E-state index contributed by atoms with van der Waals surface area (Å²) < 4.78 is 23.7. The number of sulfonamides is 1. The van der Waals surface area contributed by atoms with Crippen LogP contribution < -0.4 is 0 Å². The molecule has 0 aliphatic rings. The number of halogens is 1. The summed E-state index contributed by atoms with van der Waals surface area (Å²) in [7, 11) is -1.67. The lowest BCUT2D eigenvalue weighted by Gasteiger charge is -2.13. The average molecular weight is 268 g/mol. The van der Waals surface area contributed by atoms with Gasteiger partial charge in [0.05, 0.1) is 6.54 Å². The summed E-state index contributed by atoms with van der Waals surface area (Å²) in [6.45, 7) is 0.265. The Kier molecular flexibility index (Phi) is 3.46. The van der Waals surface area contributed by atoms with Crippen molar-refractivity contribution in [1.82, 2.24) is 14.3 Å². The second-order valence-corrected chi connectivity index (χ2v) is 5.89. The highest BCUT2D eigenvalue weighted by molar-refractivity contribution is 9.10. The normalized spacial score (nSPS) is 12.2. The van der Waals surface area contributed by atoms with E-state index in [0.29, 0.717) is 5.82 Å². The molecule has 0 radical (unpaired) electrons. The van der Waals surface area contributed by atoms with Crippen molar-refractivity contribution in [2.75, 3.05) is 11.7 Å². The molecule has 1 aromatic rings. The summed E-state index contributed by atoms with van der Waals surface area (Å²) in [6, 6.07) is 0. The highest BCUT2D eigenvalue weighted by Gasteiger charge is 2.16. The molecule has 0 saturated carbocycles. The van der Waals surface area contributed by atoms with Crippen LogP contribution in [0.4, 0.5) is 0 Å². The maximum absolute atomic E-state index is 11.3. The number of hydrogen-bond acceptors (Lipinski definition) is 3. The summed E-state index contributed by atoms with van der Waals surface area (Å²) in [4.78, 5) is 6.76. The topological polar surface area (TPSA) is 66.1 Å². The molecule has 0 amide bonds. The van der Waals surface area contributed by atoms with Gasteiger partial charge in [0, 0.05) is 19.4 Å². The number of nitrogens with one attached hydrogen (secondary N) is 1. The van der Waals surface area contributed by atoms with Crippen LogP contribution in [0.3, 0.4) is 0 Å². The van der Waals surface area contributed by atoms with Crippen LogP contribution in [-0.4, -0.2) is 34.4 Å². The highest BCUT2D eigenvalue weighted by atomic mass is 79.9. The quantitative estimate of drug-likeness (QED) is 0.810. The molecule has 0 spiro atoms. The number of rotatable bonds is 4. The number of aromatic amines is 1. The lowest BCUT2D eigenvalue weighted by Crippen LogP contribution is -2.27. The van der Waals surface area contributed by atoms with Crippen molar-refractivity contribution in [3.63, 3.8) is 0 Å². The zero-order chi connectivity index (χ0) is 9.90. The van der Waals surface area contributed by atoms with Gasteiger partial charge in [-0.05, 0) is 0 Å². The van der Waals surface area contributed by atoms with Crippen molar-refractivity contribution in [3.05, 3.63) is 18.2 Å². The van der Waals surface area contributed by atoms with E-state index in [4.69, 9.17) is 0 Å². The van der Waals surface area contributed by atoms with Crippen LogP contribution in [0, 0.1) is 0 Å². The molecule has 0 saturated heterocycles. The van der Waals surface area contributed by atoms with Gasteiger partial charge in [0.1, 0.15) is 10.5 Å². The standard InChI is InChI=1S/C6H10BrN3O2S/c1-10(13(11,12)5-7)4-6-8-2-3-9-6/h2-3H,4-5H2,1H3,(H,8,9). The van der Waals surface area contributed by atoms with E-state index in [1.54, 1.807) is 12.4 Å². The zero-order valence-corrected chi connectivity index (χ0v) is 9.47. The fourth-order valence-corrected chi connectivity index (χ4v) is 2.31. The molecule has 5 nitrogen and oxygen atoms in total. The first-order valence-corrected chi connectivity index (χ1v) is 6.27. The molecular formula is C6H10BrN3O2S. The molecule has 0 aromatic carbocycles. The third-order valence-electron chi connectivity index (χ3n) is 1.54. The Bertz CT molecular complexity index is 348. The maximum atomic E-state index is 11.3. The van der Waals surface area contributed by atoms with E-state index in [0.717, 1.165) is 0 Å². The fraction of sp³-hybridized carbons (Fsp3) is 0.500. The monoisotopic (exact) mass is 267 g/mol. The van der Waals surface area contributed by atoms with Gasteiger partial charge >= 0.3 is 0 Å². The molecule has 0 atom stereocenters. The van der Waals surface area contributed by atoms with Crippen LogP contribution in [0.5, 0.6) is 0 Å². The fourth-order valence-electron chi connectivity index (χ4n) is 0.777. The van der Waals surface area contributed by atoms with Crippen LogP contribution in [0.25, 0.3) is 0 Å². The van der Waals surface area contributed by atoms with Gasteiger partial charge in [-0.2, -0.15) is 4.31 Å². The first kappa shape index (κ1) is 10.7. The van der Waals surface area contributed by atoms with Gasteiger partial charge in [0.25, 0.3) is 0 Å². The Balaban J connectivity index is 2.66. The Morgan fingerprint density at radius 2 is 2.38 bits per heavy atom. The zero-order valence-electron chi connectivity index (χ0n) is 7.07. The number of aromatic nitrogens is 2. The summed E-state index contributed by atoms with van der Waals surface area (Å²) in [6.07, 6.45) is 3.24. The number of hydrogen-bond donors (Lipinski definition) is 1. The SMILES string of the molecule is CN(Cc1ncc[nH]1)S(=O)(=O)CBr. The second-order valence-electron chi connectivity index (χ2n) is 2.51. The van der Waals surface area contributed by atoms with Gasteiger partial charge in [-0.3, -0.25) is 0 Å². The molecule has 0 bridgehead atoms. The Morgan fingerprint density at radius 1 is 1.69 bits per heavy atom. The van der Waals surface area contributed by atoms with Crippen LogP contribution in [0.1, 0.15) is 5.82 Å². The Morgan fingerprint density at radius 3 is 2.85 bits per heavy atom. The lowest BCUT2D eigenvalue weighted by atomic mass is 10.6. The predicted octanol–water partition coefficient (Wildman–Crippen LogP) is 0.524. The van der Waals surface area contributed by atoms with Crippen molar-refractivity contribution in [3.8, 4) is 0 Å². The second kappa shape index (κ2) is 4.21. The molecule has 13 heavy (non-hydrogen) atoms. The minimum Gasteiger partial charge on any atom is -0.347 e. The van der Waals surface area contributed by atoms with Gasteiger partial charge < -0.3 is 4.98 Å². The molecule has 1 rings (SSSR count). The van der Waals surface area contributed by atoms with Gasteiger partial charge in [-0.1, -0.05) is 15.9 Å². The highest BCUT2D eigenvalue weighted by Crippen LogP contribution is 2.05. The largest absolute Gasteiger partial charge is 0.347 e. The van der Waals surface area contributed by atoms with Gasteiger partial charge in [-0.15, -0.1) is 0 Å². The van der Waals surface area contributed by atoms with E-state index >= 15 is 0 Å². The van der Waals surface area contributed by atoms with Crippen LogP contribution in [0.2, 0.25) is 0 Å². The molecule has 1 aromatic heterocycles. The van der Waals surface area contributed by atoms with E-state index in [1.807, 2.05) is 0 Å². The van der Waals surface area contributed by atoms with Crippen molar-refractivity contribution < 1.29 is 8.42 Å². The molecule has 1 heterocycles. The Labute approximate surface area is 85.3 Å². The van der Waals surface area contributed by atoms with E-state index in [2.05, 4.69) is 25.9 Å². The van der Waals surface area contributed by atoms with Gasteiger partial charge in [-0.25, -0.2) is 13.4 Å². The number of imidazole rings is 1. The van der Waals surface area contributed by atoms with Crippen LogP contribution >= 0.6 is 15.9 Å². The van der Waals surface area contributed by atoms with E-state index in [9.17, 15) is 8.42 Å². The van der Waals surface area contributed by atoms with Crippen molar-refractivity contribution >= 4 is 26.0 Å². The van der Waals surface area contributed by atoms with Crippen molar-refractivity contribution in [2.45, 2.75) is 6.54 Å². The predicted molar refractivity (Wildman–Crippen MR) is 52.8 cm³/mol. The van der Waals surface area contributed by atoms with Crippen LogP contribution in [-0.2, 0) is 16.6 Å². The molecule has 74 valence electrons. The third-order valence-corrected chi connectivity index (χ3v) is 4.63. The summed E-state index contributed by atoms with van der Waals surface area (Å²) in [5.41, 5.74) is 0. The summed E-state index contributed by atoms with van der Waals surface area (Å²) in [5, 5.41) is 0. The molecular weight excluding hydrogens is 258 g/mol. The smallest absolute Gasteiger partial charge is 0.224 e. The number of H-pyrrole nitrogens is 1. The van der Waals surface area contributed by atoms with Gasteiger partial charge in [0.15, 0.2) is 0 Å². The number of alkyl halides is 1. The summed E-state index contributed by atoms with van der Waals surface area (Å²) in [5.74, 6) is 0.632. The van der Waals surface area contributed by atoms with Crippen molar-refractivity contribution in [2.24, 2.45) is 0 Å². The van der Waals surface area contributed by atoms with E-state index in [1.165, 1.54) is 11.4 Å². The minimum atomic E-state index is -3.18. The Hall–Kier alpha value is -0.400. The van der Waals surface area contributed by atoms with Crippen LogP contribution in [0.15, 0.2) is 12.4 Å². The molecule has 0 unspecified atom stereocenters.